The highest BCUT2D eigenvalue weighted by molar-refractivity contribution is 5.79. The van der Waals surface area contributed by atoms with Gasteiger partial charge in [-0.25, -0.2) is 0 Å². The normalized spacial score (nSPS) is 10.5. The van der Waals surface area contributed by atoms with Gasteiger partial charge in [0.05, 0.1) is 12.4 Å². The van der Waals surface area contributed by atoms with Crippen LogP contribution in [0.25, 0.3) is 22.4 Å². The fourth-order valence-corrected chi connectivity index (χ4v) is 1.96. The lowest BCUT2D eigenvalue weighted by Gasteiger charge is -2.01. The second-order valence-electron chi connectivity index (χ2n) is 4.06. The Bertz CT molecular complexity index is 587. The lowest BCUT2D eigenvalue weighted by atomic mass is 10.0. The van der Waals surface area contributed by atoms with E-state index in [2.05, 4.69) is 27.4 Å². The molecule has 0 radical (unpaired) electrons. The minimum atomic E-state index is 0.964. The van der Waals surface area contributed by atoms with Crippen molar-refractivity contribution in [3.8, 4) is 22.4 Å². The molecule has 0 aliphatic carbocycles. The molecule has 0 aliphatic rings. The van der Waals surface area contributed by atoms with Crippen molar-refractivity contribution in [1.29, 1.82) is 0 Å². The van der Waals surface area contributed by atoms with Crippen molar-refractivity contribution in [2.45, 2.75) is 0 Å². The number of rotatable bonds is 2. The molecule has 1 aromatic carbocycles. The predicted octanol–water partition coefficient (Wildman–Crippen LogP) is 2.54. The van der Waals surface area contributed by atoms with Crippen LogP contribution < -0.4 is 0 Å². The molecular weight excluding hydrogens is 224 g/mol. The van der Waals surface area contributed by atoms with Crippen LogP contribution in [0.4, 0.5) is 0 Å². The molecule has 0 aliphatic heterocycles. The van der Waals surface area contributed by atoms with Crippen LogP contribution in [0.15, 0.2) is 55.0 Å². The van der Waals surface area contributed by atoms with Gasteiger partial charge < -0.3 is 0 Å². The average Bonchev–Trinajstić information content (AvgIpc) is 2.83. The van der Waals surface area contributed by atoms with Crippen LogP contribution >= 0.6 is 0 Å². The highest BCUT2D eigenvalue weighted by Gasteiger charge is 2.11. The summed E-state index contributed by atoms with van der Waals surface area (Å²) in [7, 11) is 1.92. The van der Waals surface area contributed by atoms with E-state index < -0.39 is 0 Å². The molecule has 0 fully saturated rings. The highest BCUT2D eigenvalue weighted by Crippen LogP contribution is 2.29. The number of aryl methyl sites for hydroxylation is 1. The Morgan fingerprint density at radius 1 is 0.944 bits per heavy atom. The Hall–Kier alpha value is -2.49. The highest BCUT2D eigenvalue weighted by atomic mass is 15.3. The van der Waals surface area contributed by atoms with Crippen molar-refractivity contribution in [2.75, 3.05) is 0 Å². The molecule has 2 aromatic heterocycles. The number of aromatic nitrogens is 4. The second kappa shape index (κ2) is 4.41. The van der Waals surface area contributed by atoms with Crippen molar-refractivity contribution >= 4 is 0 Å². The van der Waals surface area contributed by atoms with Gasteiger partial charge >= 0.3 is 0 Å². The molecule has 0 N–H and O–H groups in total. The van der Waals surface area contributed by atoms with E-state index in [1.54, 1.807) is 12.4 Å². The molecular formula is C14H12N4. The molecule has 0 amide bonds. The molecule has 0 bridgehead atoms. The summed E-state index contributed by atoms with van der Waals surface area (Å²) < 4.78 is 1.82. The molecule has 3 rings (SSSR count). The van der Waals surface area contributed by atoms with E-state index in [4.69, 9.17) is 0 Å². The summed E-state index contributed by atoms with van der Waals surface area (Å²) in [5.41, 5.74) is 4.16. The van der Waals surface area contributed by atoms with Crippen molar-refractivity contribution in [2.24, 2.45) is 7.05 Å². The van der Waals surface area contributed by atoms with Crippen LogP contribution in [0.5, 0.6) is 0 Å². The van der Waals surface area contributed by atoms with Crippen LogP contribution in [-0.2, 0) is 7.05 Å². The van der Waals surface area contributed by atoms with Gasteiger partial charge in [0.25, 0.3) is 0 Å². The summed E-state index contributed by atoms with van der Waals surface area (Å²) in [6, 6.07) is 12.1. The van der Waals surface area contributed by atoms with E-state index in [0.29, 0.717) is 0 Å². The van der Waals surface area contributed by atoms with E-state index in [1.165, 1.54) is 0 Å². The summed E-state index contributed by atoms with van der Waals surface area (Å²) >= 11 is 0. The van der Waals surface area contributed by atoms with E-state index in [1.807, 2.05) is 42.2 Å². The third-order valence-electron chi connectivity index (χ3n) is 2.77. The van der Waals surface area contributed by atoms with Crippen molar-refractivity contribution < 1.29 is 0 Å². The monoisotopic (exact) mass is 236 g/mol. The minimum absolute atomic E-state index is 0.964. The first-order valence-corrected chi connectivity index (χ1v) is 5.71. The first-order valence-electron chi connectivity index (χ1n) is 5.71. The van der Waals surface area contributed by atoms with E-state index in [9.17, 15) is 0 Å². The van der Waals surface area contributed by atoms with Gasteiger partial charge in [-0.15, -0.1) is 0 Å². The van der Waals surface area contributed by atoms with Crippen LogP contribution in [0.1, 0.15) is 0 Å². The van der Waals surface area contributed by atoms with Crippen molar-refractivity contribution in [1.82, 2.24) is 20.0 Å². The predicted molar refractivity (Wildman–Crippen MR) is 69.7 cm³/mol. The summed E-state index contributed by atoms with van der Waals surface area (Å²) in [5, 5.41) is 12.2. The van der Waals surface area contributed by atoms with Gasteiger partial charge in [-0.05, 0) is 6.07 Å². The minimum Gasteiger partial charge on any atom is -0.275 e. The quantitative estimate of drug-likeness (QED) is 0.686. The summed E-state index contributed by atoms with van der Waals surface area (Å²) in [5.74, 6) is 0. The largest absolute Gasteiger partial charge is 0.275 e. The molecule has 18 heavy (non-hydrogen) atoms. The number of nitrogens with zero attached hydrogens (tertiary/aromatic N) is 4. The molecule has 0 spiro atoms. The molecule has 88 valence electrons. The zero-order valence-electron chi connectivity index (χ0n) is 9.99. The van der Waals surface area contributed by atoms with Crippen molar-refractivity contribution in [3.63, 3.8) is 0 Å². The number of hydrogen-bond acceptors (Lipinski definition) is 3. The van der Waals surface area contributed by atoms with Crippen LogP contribution in [0, 0.1) is 0 Å². The molecule has 4 heteroatoms. The first-order chi connectivity index (χ1) is 8.84. The Kier molecular flexibility index (Phi) is 2.61. The first kappa shape index (κ1) is 10.7. The zero-order chi connectivity index (χ0) is 12.4. The van der Waals surface area contributed by atoms with Gasteiger partial charge in [0.2, 0.25) is 0 Å². The standard InChI is InChI=1S/C14H12N4/c1-18-10-13(12-7-8-15-16-9-12)14(17-18)11-5-3-2-4-6-11/h2-10H,1H3. The van der Waals surface area contributed by atoms with Gasteiger partial charge in [0.1, 0.15) is 5.69 Å². The topological polar surface area (TPSA) is 43.6 Å². The molecule has 4 nitrogen and oxygen atoms in total. The summed E-state index contributed by atoms with van der Waals surface area (Å²) in [6.07, 6.45) is 5.44. The Morgan fingerprint density at radius 2 is 1.78 bits per heavy atom. The van der Waals surface area contributed by atoms with Crippen LogP contribution in [-0.4, -0.2) is 20.0 Å². The Balaban J connectivity index is 2.17. The van der Waals surface area contributed by atoms with Gasteiger partial charge in [-0.1, -0.05) is 30.3 Å². The van der Waals surface area contributed by atoms with Gasteiger partial charge in [-0.3, -0.25) is 4.68 Å². The third kappa shape index (κ3) is 1.88. The van der Waals surface area contributed by atoms with Gasteiger partial charge in [-0.2, -0.15) is 15.3 Å². The molecule has 0 atom stereocenters. The number of benzene rings is 1. The zero-order valence-corrected chi connectivity index (χ0v) is 9.99. The lowest BCUT2D eigenvalue weighted by Crippen LogP contribution is -1.87. The summed E-state index contributed by atoms with van der Waals surface area (Å²) in [6.45, 7) is 0. The SMILES string of the molecule is Cn1cc(-c2ccnnc2)c(-c2ccccc2)n1. The lowest BCUT2D eigenvalue weighted by molar-refractivity contribution is 0.771. The van der Waals surface area contributed by atoms with Crippen LogP contribution in [0.3, 0.4) is 0 Å². The third-order valence-corrected chi connectivity index (χ3v) is 2.77. The van der Waals surface area contributed by atoms with Crippen molar-refractivity contribution in [3.05, 3.63) is 55.0 Å². The fraction of sp³-hybridized carbons (Fsp3) is 0.0714. The van der Waals surface area contributed by atoms with Gasteiger partial charge in [0.15, 0.2) is 0 Å². The molecule has 2 heterocycles. The smallest absolute Gasteiger partial charge is 0.100 e. The summed E-state index contributed by atoms with van der Waals surface area (Å²) in [4.78, 5) is 0. The van der Waals surface area contributed by atoms with E-state index in [-0.39, 0.29) is 0 Å². The maximum Gasteiger partial charge on any atom is 0.100 e. The van der Waals surface area contributed by atoms with E-state index >= 15 is 0 Å². The molecule has 0 unspecified atom stereocenters. The average molecular weight is 236 g/mol. The second-order valence-corrected chi connectivity index (χ2v) is 4.06. The van der Waals surface area contributed by atoms with E-state index in [0.717, 1.165) is 22.4 Å². The number of hydrogen-bond donors (Lipinski definition) is 0. The Morgan fingerprint density at radius 3 is 2.50 bits per heavy atom. The maximum atomic E-state index is 4.53. The van der Waals surface area contributed by atoms with Gasteiger partial charge in [0, 0.05) is 29.9 Å². The fourth-order valence-electron chi connectivity index (χ4n) is 1.96. The molecule has 3 aromatic rings. The maximum absolute atomic E-state index is 4.53. The molecule has 0 saturated carbocycles. The molecule has 0 saturated heterocycles. The van der Waals surface area contributed by atoms with Crippen LogP contribution in [0.2, 0.25) is 0 Å². The Labute approximate surface area is 105 Å².